The Hall–Kier alpha value is -4.21. The van der Waals surface area contributed by atoms with Crippen molar-refractivity contribution < 1.29 is 32.3 Å². The van der Waals surface area contributed by atoms with Crippen LogP contribution in [-0.2, 0) is 20.8 Å². The maximum atomic E-state index is 13.9. The van der Waals surface area contributed by atoms with Crippen molar-refractivity contribution in [1.29, 1.82) is 0 Å². The maximum Gasteiger partial charge on any atom is 0.452 e. The van der Waals surface area contributed by atoms with E-state index >= 15 is 0 Å². The van der Waals surface area contributed by atoms with E-state index in [9.17, 15) is 32.3 Å². The zero-order chi connectivity index (χ0) is 32.6. The van der Waals surface area contributed by atoms with E-state index in [1.165, 1.54) is 13.8 Å². The molecule has 1 aliphatic carbocycles. The topological polar surface area (TPSA) is 104 Å². The summed E-state index contributed by atoms with van der Waals surface area (Å²) in [6.07, 6.45) is 0.117. The van der Waals surface area contributed by atoms with Crippen LogP contribution < -0.4 is 16.0 Å². The number of carbonyl (C=O) groups excluding carboxylic acids is 4. The minimum atomic E-state index is -5.14. The van der Waals surface area contributed by atoms with Crippen LogP contribution in [0.3, 0.4) is 0 Å². The van der Waals surface area contributed by atoms with Crippen LogP contribution in [0.15, 0.2) is 72.8 Å². The monoisotopic (exact) mass is 623 g/mol. The van der Waals surface area contributed by atoms with Gasteiger partial charge in [-0.1, -0.05) is 107 Å². The summed E-state index contributed by atoms with van der Waals surface area (Å²) in [7, 11) is 0. The summed E-state index contributed by atoms with van der Waals surface area (Å²) in [4.78, 5) is 52.9. The first kappa shape index (κ1) is 33.7. The second kappa shape index (κ2) is 15.2. The summed E-state index contributed by atoms with van der Waals surface area (Å²) < 4.78 is 40.0. The molecule has 1 saturated carbocycles. The molecule has 3 amide bonds. The van der Waals surface area contributed by atoms with Gasteiger partial charge < -0.3 is 16.0 Å². The predicted molar refractivity (Wildman–Crippen MR) is 166 cm³/mol. The van der Waals surface area contributed by atoms with Crippen LogP contribution in [0.4, 0.5) is 13.2 Å². The maximum absolute atomic E-state index is 13.9. The second-order valence-corrected chi connectivity index (χ2v) is 12.2. The molecule has 0 aliphatic heterocycles. The highest BCUT2D eigenvalue weighted by Gasteiger charge is 2.45. The lowest BCUT2D eigenvalue weighted by atomic mass is 9.84. The van der Waals surface area contributed by atoms with Gasteiger partial charge in [0.2, 0.25) is 11.8 Å². The lowest BCUT2D eigenvalue weighted by Gasteiger charge is -2.29. The van der Waals surface area contributed by atoms with Gasteiger partial charge in [-0.25, -0.2) is 0 Å². The summed E-state index contributed by atoms with van der Waals surface area (Å²) in [5.41, 5.74) is 1.03. The van der Waals surface area contributed by atoms with E-state index in [2.05, 4.69) is 16.0 Å². The lowest BCUT2D eigenvalue weighted by molar-refractivity contribution is -0.175. The number of halogens is 3. The molecule has 240 valence electrons. The zero-order valence-electron chi connectivity index (χ0n) is 25.5. The van der Waals surface area contributed by atoms with E-state index in [-0.39, 0.29) is 12.3 Å². The van der Waals surface area contributed by atoms with Gasteiger partial charge in [-0.05, 0) is 46.7 Å². The van der Waals surface area contributed by atoms with Crippen molar-refractivity contribution in [3.05, 3.63) is 83.9 Å². The van der Waals surface area contributed by atoms with E-state index in [1.807, 2.05) is 30.3 Å². The third-order valence-electron chi connectivity index (χ3n) is 8.37. The molecular weight excluding hydrogens is 583 g/mol. The van der Waals surface area contributed by atoms with Crippen LogP contribution >= 0.6 is 0 Å². The molecule has 3 atom stereocenters. The van der Waals surface area contributed by atoms with Crippen molar-refractivity contribution in [2.75, 3.05) is 0 Å². The van der Waals surface area contributed by atoms with Crippen molar-refractivity contribution >= 4 is 34.3 Å². The Labute approximate surface area is 261 Å². The third kappa shape index (κ3) is 9.39. The fourth-order valence-electron chi connectivity index (χ4n) is 5.86. The van der Waals surface area contributed by atoms with Gasteiger partial charge in [0.15, 0.2) is 0 Å². The van der Waals surface area contributed by atoms with Gasteiger partial charge in [-0.15, -0.1) is 0 Å². The smallest absolute Gasteiger partial charge is 0.344 e. The van der Waals surface area contributed by atoms with E-state index < -0.39 is 53.7 Å². The van der Waals surface area contributed by atoms with Crippen molar-refractivity contribution in [3.63, 3.8) is 0 Å². The number of Topliss-reactive ketones (excluding diaryl/α,β-unsaturated/α-hetero) is 1. The van der Waals surface area contributed by atoms with Crippen LogP contribution in [0.1, 0.15) is 68.3 Å². The molecule has 1 aliphatic rings. The number of carbonyl (C=O) groups is 4. The molecule has 10 heteroatoms. The Balaban J connectivity index is 1.58. The van der Waals surface area contributed by atoms with Crippen molar-refractivity contribution in [2.45, 2.75) is 83.1 Å². The summed E-state index contributed by atoms with van der Waals surface area (Å²) in [6, 6.07) is 17.5. The third-order valence-corrected chi connectivity index (χ3v) is 8.37. The number of hydrogen-bond acceptors (Lipinski definition) is 4. The van der Waals surface area contributed by atoms with Crippen LogP contribution in [0.25, 0.3) is 10.8 Å². The highest BCUT2D eigenvalue weighted by atomic mass is 19.4. The Morgan fingerprint density at radius 1 is 0.756 bits per heavy atom. The Morgan fingerprint density at radius 3 is 2.02 bits per heavy atom. The zero-order valence-corrected chi connectivity index (χ0v) is 25.5. The standard InChI is InChI=1S/C35H40F3N3O4/c1-22(2)30(31(42)35(36,37)38)41-34(45)29(20-24-13-7-4-8-14-24)40-33(44)28(19-23-11-5-3-6-12-23)39-32(43)27-18-17-25-15-9-10-16-26(25)21-27/h4,7-10,13-18,21-23,28-30H,3,5-6,11-12,19-20H2,1-2H3,(H,39,43)(H,40,44)(H,41,45). The van der Waals surface area contributed by atoms with E-state index in [0.29, 0.717) is 17.5 Å². The van der Waals surface area contributed by atoms with E-state index in [1.54, 1.807) is 42.5 Å². The Morgan fingerprint density at radius 2 is 1.38 bits per heavy atom. The normalized spacial score (nSPS) is 16.0. The fraction of sp³-hybridized carbons (Fsp3) is 0.429. The summed E-state index contributed by atoms with van der Waals surface area (Å²) in [5, 5.41) is 9.64. The van der Waals surface area contributed by atoms with Gasteiger partial charge in [0.1, 0.15) is 12.1 Å². The molecule has 0 spiro atoms. The molecule has 0 radical (unpaired) electrons. The number of ketones is 1. The molecule has 0 saturated heterocycles. The minimum Gasteiger partial charge on any atom is -0.344 e. The number of hydrogen-bond donors (Lipinski definition) is 3. The molecule has 0 aromatic heterocycles. The number of alkyl halides is 3. The number of benzene rings is 3. The predicted octanol–water partition coefficient (Wildman–Crippen LogP) is 5.91. The Kier molecular flexibility index (Phi) is 11.4. The van der Waals surface area contributed by atoms with Gasteiger partial charge in [0.05, 0.1) is 6.04 Å². The van der Waals surface area contributed by atoms with Gasteiger partial charge in [0, 0.05) is 12.0 Å². The van der Waals surface area contributed by atoms with E-state index in [0.717, 1.165) is 42.9 Å². The molecule has 0 heterocycles. The van der Waals surface area contributed by atoms with E-state index in [4.69, 9.17) is 0 Å². The Bertz CT molecular complexity index is 1490. The molecule has 3 aromatic carbocycles. The molecule has 3 aromatic rings. The number of rotatable bonds is 12. The molecule has 0 bridgehead atoms. The van der Waals surface area contributed by atoms with Gasteiger partial charge in [-0.2, -0.15) is 13.2 Å². The molecule has 4 rings (SSSR count). The largest absolute Gasteiger partial charge is 0.452 e. The number of amides is 3. The highest BCUT2D eigenvalue weighted by molar-refractivity contribution is 6.01. The summed E-state index contributed by atoms with van der Waals surface area (Å²) in [6.45, 7) is 2.81. The molecule has 45 heavy (non-hydrogen) atoms. The second-order valence-electron chi connectivity index (χ2n) is 12.2. The molecule has 3 unspecified atom stereocenters. The lowest BCUT2D eigenvalue weighted by Crippen LogP contribution is -2.58. The average Bonchev–Trinajstić information content (AvgIpc) is 3.02. The molecule has 7 nitrogen and oxygen atoms in total. The first-order valence-corrected chi connectivity index (χ1v) is 15.5. The number of fused-ring (bicyclic) bond motifs is 1. The molecular formula is C35H40F3N3O4. The molecule has 3 N–H and O–H groups in total. The van der Waals surface area contributed by atoms with Gasteiger partial charge >= 0.3 is 6.18 Å². The van der Waals surface area contributed by atoms with Crippen molar-refractivity contribution in [2.24, 2.45) is 11.8 Å². The highest BCUT2D eigenvalue weighted by Crippen LogP contribution is 2.28. The first-order valence-electron chi connectivity index (χ1n) is 15.5. The molecule has 1 fully saturated rings. The summed E-state index contributed by atoms with van der Waals surface area (Å²) in [5.74, 6) is -4.71. The van der Waals surface area contributed by atoms with Gasteiger partial charge in [0.25, 0.3) is 11.7 Å². The van der Waals surface area contributed by atoms with Crippen molar-refractivity contribution in [1.82, 2.24) is 16.0 Å². The SMILES string of the molecule is CC(C)C(NC(=O)C(Cc1ccccc1)NC(=O)C(CC1CCCCC1)NC(=O)c1ccc2ccccc2c1)C(=O)C(F)(F)F. The van der Waals surface area contributed by atoms with Crippen LogP contribution in [0.2, 0.25) is 0 Å². The van der Waals surface area contributed by atoms with Crippen molar-refractivity contribution in [3.8, 4) is 0 Å². The van der Waals surface area contributed by atoms with Gasteiger partial charge in [-0.3, -0.25) is 19.2 Å². The minimum absolute atomic E-state index is 0.0296. The number of nitrogens with one attached hydrogen (secondary N) is 3. The quantitative estimate of drug-likeness (QED) is 0.233. The first-order chi connectivity index (χ1) is 21.4. The van der Waals surface area contributed by atoms with Crippen LogP contribution in [-0.4, -0.2) is 47.8 Å². The fourth-order valence-corrected chi connectivity index (χ4v) is 5.86. The van der Waals surface area contributed by atoms with Crippen LogP contribution in [0.5, 0.6) is 0 Å². The summed E-state index contributed by atoms with van der Waals surface area (Å²) >= 11 is 0. The van der Waals surface area contributed by atoms with Crippen LogP contribution in [0, 0.1) is 11.8 Å². The average molecular weight is 624 g/mol.